The first kappa shape index (κ1) is 14.6. The maximum atomic E-state index is 5.89. The van der Waals surface area contributed by atoms with Gasteiger partial charge in [0.1, 0.15) is 11.3 Å². The molecular weight excluding hydrogens is 262 g/mol. The molecule has 0 spiro atoms. The van der Waals surface area contributed by atoms with Crippen molar-refractivity contribution < 1.29 is 4.42 Å². The summed E-state index contributed by atoms with van der Waals surface area (Å²) in [7, 11) is 4.42. The number of benzene rings is 1. The molecule has 4 heteroatoms. The van der Waals surface area contributed by atoms with Crippen LogP contribution in [0.25, 0.3) is 11.0 Å². The first-order valence-electron chi connectivity index (χ1n) is 7.77. The van der Waals surface area contributed by atoms with Crippen LogP contribution in [0.5, 0.6) is 0 Å². The lowest BCUT2D eigenvalue weighted by Crippen LogP contribution is -2.41. The Kier molecular flexibility index (Phi) is 4.29. The number of fused-ring (bicyclic) bond motifs is 1. The van der Waals surface area contributed by atoms with Gasteiger partial charge in [-0.05, 0) is 46.1 Å². The molecule has 114 valence electrons. The lowest BCUT2D eigenvalue weighted by molar-refractivity contribution is 0.139. The van der Waals surface area contributed by atoms with Crippen LogP contribution in [0.15, 0.2) is 28.7 Å². The van der Waals surface area contributed by atoms with Crippen molar-refractivity contribution in [3.05, 3.63) is 35.6 Å². The van der Waals surface area contributed by atoms with Gasteiger partial charge >= 0.3 is 0 Å². The lowest BCUT2D eigenvalue weighted by atomic mass is 10.0. The van der Waals surface area contributed by atoms with Gasteiger partial charge < -0.3 is 15.1 Å². The van der Waals surface area contributed by atoms with Crippen LogP contribution in [0.4, 0.5) is 0 Å². The second-order valence-corrected chi connectivity index (χ2v) is 6.15. The summed E-state index contributed by atoms with van der Waals surface area (Å²) in [6, 6.07) is 8.89. The fraction of sp³-hybridized carbons (Fsp3) is 0.529. The van der Waals surface area contributed by atoms with Gasteiger partial charge in [-0.1, -0.05) is 18.2 Å². The molecule has 0 bridgehead atoms. The second kappa shape index (κ2) is 6.18. The third-order valence-electron chi connectivity index (χ3n) is 4.69. The normalized spacial score (nSPS) is 17.9. The third-order valence-corrected chi connectivity index (χ3v) is 4.69. The number of furan rings is 1. The van der Waals surface area contributed by atoms with Gasteiger partial charge in [-0.2, -0.15) is 0 Å². The molecule has 1 aliphatic rings. The molecule has 1 aromatic carbocycles. The fourth-order valence-electron chi connectivity index (χ4n) is 3.30. The molecule has 0 unspecified atom stereocenters. The van der Waals surface area contributed by atoms with E-state index in [0.717, 1.165) is 17.9 Å². The molecule has 2 aromatic rings. The zero-order valence-corrected chi connectivity index (χ0v) is 13.0. The molecule has 2 N–H and O–H groups in total. The Hall–Kier alpha value is -1.36. The molecule has 1 aliphatic heterocycles. The van der Waals surface area contributed by atoms with Crippen LogP contribution in [0.2, 0.25) is 0 Å². The summed E-state index contributed by atoms with van der Waals surface area (Å²) in [6.45, 7) is 3.75. The number of likely N-dealkylation sites (tertiary alicyclic amines) is 1. The number of piperidine rings is 1. The Bertz CT molecular complexity index is 599. The largest absolute Gasteiger partial charge is 0.459 e. The Labute approximate surface area is 126 Å². The number of nitrogens with zero attached hydrogens (tertiary/aromatic N) is 2. The average Bonchev–Trinajstić information content (AvgIpc) is 2.86. The van der Waals surface area contributed by atoms with E-state index in [-0.39, 0.29) is 0 Å². The molecule has 2 heterocycles. The van der Waals surface area contributed by atoms with Gasteiger partial charge in [-0.3, -0.25) is 4.90 Å². The summed E-state index contributed by atoms with van der Waals surface area (Å²) in [4.78, 5) is 4.87. The van der Waals surface area contributed by atoms with Crippen LogP contribution in [-0.2, 0) is 13.1 Å². The van der Waals surface area contributed by atoms with Crippen LogP contribution in [0, 0.1) is 0 Å². The minimum atomic E-state index is 0.464. The minimum absolute atomic E-state index is 0.464. The van der Waals surface area contributed by atoms with Crippen molar-refractivity contribution in [2.75, 3.05) is 27.2 Å². The van der Waals surface area contributed by atoms with Crippen molar-refractivity contribution in [1.82, 2.24) is 9.80 Å². The summed E-state index contributed by atoms with van der Waals surface area (Å²) < 4.78 is 5.89. The van der Waals surface area contributed by atoms with E-state index in [4.69, 9.17) is 10.2 Å². The van der Waals surface area contributed by atoms with E-state index in [1.165, 1.54) is 36.9 Å². The highest BCUT2D eigenvalue weighted by atomic mass is 16.3. The van der Waals surface area contributed by atoms with Gasteiger partial charge in [-0.15, -0.1) is 0 Å². The van der Waals surface area contributed by atoms with Crippen LogP contribution in [-0.4, -0.2) is 43.0 Å². The van der Waals surface area contributed by atoms with Crippen molar-refractivity contribution in [3.8, 4) is 0 Å². The van der Waals surface area contributed by atoms with E-state index >= 15 is 0 Å². The highest BCUT2D eigenvalue weighted by Crippen LogP contribution is 2.28. The van der Waals surface area contributed by atoms with E-state index in [1.807, 2.05) is 12.1 Å². The molecule has 3 rings (SSSR count). The molecule has 1 saturated heterocycles. The number of nitrogens with two attached hydrogens (primary N) is 1. The van der Waals surface area contributed by atoms with Gasteiger partial charge in [0, 0.05) is 23.5 Å². The van der Waals surface area contributed by atoms with Crippen LogP contribution >= 0.6 is 0 Å². The molecule has 4 nitrogen and oxygen atoms in total. The molecule has 0 amide bonds. The molecule has 0 saturated carbocycles. The fourth-order valence-corrected chi connectivity index (χ4v) is 3.30. The minimum Gasteiger partial charge on any atom is -0.459 e. The van der Waals surface area contributed by atoms with Crippen molar-refractivity contribution in [3.63, 3.8) is 0 Å². The Morgan fingerprint density at radius 1 is 1.29 bits per heavy atom. The highest BCUT2D eigenvalue weighted by molar-refractivity contribution is 5.82. The number of rotatable bonds is 4. The topological polar surface area (TPSA) is 45.6 Å². The zero-order chi connectivity index (χ0) is 14.8. The van der Waals surface area contributed by atoms with Gasteiger partial charge in [0.2, 0.25) is 0 Å². The highest BCUT2D eigenvalue weighted by Gasteiger charge is 2.22. The molecule has 0 aliphatic carbocycles. The predicted molar refractivity (Wildman–Crippen MR) is 86.1 cm³/mol. The van der Waals surface area contributed by atoms with E-state index in [9.17, 15) is 0 Å². The number of hydrogen-bond acceptors (Lipinski definition) is 4. The SMILES string of the molecule is CN1CCC(N(C)Cc2c(CN)oc3ccccc23)CC1. The molecule has 0 atom stereocenters. The number of hydrogen-bond donors (Lipinski definition) is 1. The average molecular weight is 287 g/mol. The standard InChI is InChI=1S/C17H25N3O/c1-19-9-7-13(8-10-19)20(2)12-15-14-5-3-4-6-16(14)21-17(15)11-18/h3-6,13H,7-12,18H2,1-2H3. The molecule has 21 heavy (non-hydrogen) atoms. The van der Waals surface area contributed by atoms with Crippen molar-refractivity contribution in [2.45, 2.75) is 32.0 Å². The van der Waals surface area contributed by atoms with Crippen molar-refractivity contribution in [2.24, 2.45) is 5.73 Å². The van der Waals surface area contributed by atoms with Crippen molar-refractivity contribution in [1.29, 1.82) is 0 Å². The van der Waals surface area contributed by atoms with Gasteiger partial charge in [0.15, 0.2) is 0 Å². The predicted octanol–water partition coefficient (Wildman–Crippen LogP) is 2.42. The van der Waals surface area contributed by atoms with E-state index in [1.54, 1.807) is 0 Å². The molecule has 1 aromatic heterocycles. The monoisotopic (exact) mass is 287 g/mol. The summed E-state index contributed by atoms with van der Waals surface area (Å²) in [5.74, 6) is 0.927. The summed E-state index contributed by atoms with van der Waals surface area (Å²) in [5, 5.41) is 1.21. The molecule has 1 fully saturated rings. The third kappa shape index (κ3) is 2.98. The molecular formula is C17H25N3O. The summed E-state index contributed by atoms with van der Waals surface area (Å²) in [5.41, 5.74) is 8.08. The van der Waals surface area contributed by atoms with Crippen molar-refractivity contribution >= 4 is 11.0 Å². The first-order chi connectivity index (χ1) is 10.2. The second-order valence-electron chi connectivity index (χ2n) is 6.15. The summed E-state index contributed by atoms with van der Waals surface area (Å²) in [6.07, 6.45) is 2.47. The van der Waals surface area contributed by atoms with Gasteiger partial charge in [-0.25, -0.2) is 0 Å². The Balaban J connectivity index is 1.80. The summed E-state index contributed by atoms with van der Waals surface area (Å²) >= 11 is 0. The maximum Gasteiger partial charge on any atom is 0.134 e. The number of para-hydroxylation sites is 1. The maximum absolute atomic E-state index is 5.89. The first-order valence-corrected chi connectivity index (χ1v) is 7.77. The zero-order valence-electron chi connectivity index (χ0n) is 13.0. The molecule has 0 radical (unpaired) electrons. The Morgan fingerprint density at radius 3 is 2.71 bits per heavy atom. The van der Waals surface area contributed by atoms with Crippen LogP contribution in [0.3, 0.4) is 0 Å². The quantitative estimate of drug-likeness (QED) is 0.938. The smallest absolute Gasteiger partial charge is 0.134 e. The van der Waals surface area contributed by atoms with Crippen LogP contribution < -0.4 is 5.73 Å². The van der Waals surface area contributed by atoms with Gasteiger partial charge in [0.25, 0.3) is 0 Å². The van der Waals surface area contributed by atoms with E-state index in [2.05, 4.69) is 36.0 Å². The Morgan fingerprint density at radius 2 is 2.00 bits per heavy atom. The van der Waals surface area contributed by atoms with E-state index < -0.39 is 0 Å². The lowest BCUT2D eigenvalue weighted by Gasteiger charge is -2.35. The van der Waals surface area contributed by atoms with Gasteiger partial charge in [0.05, 0.1) is 6.54 Å². The van der Waals surface area contributed by atoms with Crippen LogP contribution in [0.1, 0.15) is 24.2 Å². The van der Waals surface area contributed by atoms with E-state index in [0.29, 0.717) is 12.6 Å².